The Labute approximate surface area is 704 Å². The molecular weight excluding hydrogens is 1430 g/mol. The summed E-state index contributed by atoms with van der Waals surface area (Å²) in [4.78, 5) is 55.6. The molecule has 0 atom stereocenters. The molecule has 6 aromatic rings. The van der Waals surface area contributed by atoms with E-state index >= 15 is 0 Å². The second kappa shape index (κ2) is 36.8. The highest BCUT2D eigenvalue weighted by atomic mass is 16.6. The predicted octanol–water partition coefficient (Wildman–Crippen LogP) is 24.8. The lowest BCUT2D eigenvalue weighted by molar-refractivity contribution is -0.129. The Morgan fingerprint density at radius 3 is 1.19 bits per heavy atom. The van der Waals surface area contributed by atoms with Crippen molar-refractivity contribution in [3.63, 3.8) is 0 Å². The van der Waals surface area contributed by atoms with Gasteiger partial charge in [0.25, 0.3) is 0 Å². The summed E-state index contributed by atoms with van der Waals surface area (Å²) in [5.74, 6) is 0.326. The van der Waals surface area contributed by atoms with E-state index < -0.39 is 11.2 Å². The van der Waals surface area contributed by atoms with Gasteiger partial charge in [-0.3, -0.25) is 9.59 Å². The summed E-state index contributed by atoms with van der Waals surface area (Å²) in [5.41, 5.74) is 25.1. The number of aryl methyl sites for hydroxylation is 1. The Morgan fingerprint density at radius 1 is 0.328 bits per heavy atom. The largest absolute Gasteiger partial charge is 0.444 e. The topological polar surface area (TPSA) is 136 Å². The lowest BCUT2D eigenvalue weighted by Gasteiger charge is -2.46. The van der Waals surface area contributed by atoms with Gasteiger partial charge in [0, 0.05) is 107 Å². The SMILES string of the molecule is CC(=O)N1CCCC(C)(C)c2ccc(C(C)(C)C)cc21.CC(=O)N1CCc2ccc(C(C)(C)C)cc2C1.CC(C)(C)OC(=O)N1CCC2(CCNc3cc(C(C)(C)C)ccc32)CC1.CC(C)(C)OC(=O)N1CCc2ccc(C(C)(C)C)cc2C1.CC(C)(C)c1ccc2c(c1)NCCCC2.CC(C)(C)c1ccc2c(c1)NCCCC2(C)C. The van der Waals surface area contributed by atoms with E-state index in [1.165, 1.54) is 127 Å². The van der Waals surface area contributed by atoms with Crippen molar-refractivity contribution >= 4 is 46.8 Å². The number of nitrogens with zero attached hydrogens (tertiary/aromatic N) is 4. The molecule has 6 aromatic carbocycles. The van der Waals surface area contributed by atoms with Crippen LogP contribution in [0.4, 0.5) is 32.3 Å². The van der Waals surface area contributed by atoms with E-state index in [0.29, 0.717) is 12.0 Å². The van der Waals surface area contributed by atoms with Gasteiger partial charge >= 0.3 is 12.2 Å². The summed E-state index contributed by atoms with van der Waals surface area (Å²) in [5, 5.41) is 10.7. The minimum atomic E-state index is -0.440. The maximum atomic E-state index is 12.4. The van der Waals surface area contributed by atoms with Crippen LogP contribution in [0, 0.1) is 0 Å². The first kappa shape index (κ1) is 93.7. The normalized spacial score (nSPS) is 17.6. The number of benzene rings is 6. The third-order valence-corrected chi connectivity index (χ3v) is 24.5. The van der Waals surface area contributed by atoms with Crippen LogP contribution in [0.3, 0.4) is 0 Å². The van der Waals surface area contributed by atoms with Crippen molar-refractivity contribution in [2.75, 3.05) is 73.2 Å². The summed E-state index contributed by atoms with van der Waals surface area (Å²) >= 11 is 0. The molecule has 7 aliphatic heterocycles. The van der Waals surface area contributed by atoms with E-state index in [1.807, 2.05) is 56.2 Å². The average molecular weight is 1590 g/mol. The fourth-order valence-corrected chi connectivity index (χ4v) is 16.7. The van der Waals surface area contributed by atoms with E-state index in [4.69, 9.17) is 9.47 Å². The first-order chi connectivity index (χ1) is 53.4. The third kappa shape index (κ3) is 25.6. The van der Waals surface area contributed by atoms with Crippen LogP contribution in [0.1, 0.15) is 343 Å². The molecular formula is C103H155N7O6. The van der Waals surface area contributed by atoms with Gasteiger partial charge < -0.3 is 45.0 Å². The Morgan fingerprint density at radius 2 is 0.707 bits per heavy atom. The Bertz CT molecular complexity index is 4360. The highest BCUT2D eigenvalue weighted by molar-refractivity contribution is 5.93. The number of piperidine rings is 1. The summed E-state index contributed by atoms with van der Waals surface area (Å²) in [6.45, 7) is 73.1. The molecule has 13 nitrogen and oxygen atoms in total. The number of ether oxygens (including phenoxy) is 2. The standard InChI is InChI=1S/C22H34N2O2.C18H27NO2.C18H27NO.C16H25N.C15H21NO.C14H21N/c1-20(2,3)16-7-8-17-18(15-16)23-12-9-22(17)10-13-24(14-11-22)19(25)26-21(4,5)6;1-17(2,3)15-8-7-13-9-10-19(12-14(13)11-15)16(20)21-18(4,5)6;1-13(20)19-11-7-10-18(5,6)15-9-8-14(12-16(15)19)17(2,3)4;1-15(2,3)12-7-8-13-14(11-12)17-10-6-9-16(13,4)5;1-11(17)16-8-7-12-5-6-14(15(2,3)4)9-13(12)10-16;1-14(2,3)12-8-7-11-6-4-5-9-15-13(11)10-12/h7-8,15,23H,9-14H2,1-6H3;7-8,11H,9-10,12H2,1-6H3;8-9,12H,7,10-11H2,1-6H3;7-8,11,17H,6,9-10H2,1-5H3;5-6,9H,7-8,10H2,1-4H3;7-8,10,15H,4-6,9H2,1-3H3. The van der Waals surface area contributed by atoms with Crippen molar-refractivity contribution in [3.8, 4) is 0 Å². The molecule has 3 N–H and O–H groups in total. The zero-order chi connectivity index (χ0) is 86.3. The third-order valence-electron chi connectivity index (χ3n) is 24.5. The van der Waals surface area contributed by atoms with Crippen LogP contribution in [-0.2, 0) is 100 Å². The van der Waals surface area contributed by atoms with E-state index in [2.05, 4.69) is 277 Å². The minimum Gasteiger partial charge on any atom is -0.444 e. The molecule has 0 saturated carbocycles. The van der Waals surface area contributed by atoms with Gasteiger partial charge in [-0.05, 0) is 264 Å². The van der Waals surface area contributed by atoms with Crippen LogP contribution in [0.2, 0.25) is 0 Å². The van der Waals surface area contributed by atoms with Crippen molar-refractivity contribution in [2.45, 2.75) is 358 Å². The van der Waals surface area contributed by atoms with Crippen LogP contribution in [0.5, 0.6) is 0 Å². The number of likely N-dealkylation sites (tertiary alicyclic amines) is 1. The molecule has 0 aliphatic carbocycles. The van der Waals surface area contributed by atoms with E-state index in [-0.39, 0.29) is 67.3 Å². The molecule has 0 unspecified atom stereocenters. The molecule has 0 radical (unpaired) electrons. The number of carbonyl (C=O) groups is 4. The summed E-state index contributed by atoms with van der Waals surface area (Å²) in [6.07, 6.45) is 13.2. The molecule has 7 aliphatic rings. The lowest BCUT2D eigenvalue weighted by atomic mass is 9.67. The number of amides is 4. The molecule has 7 heterocycles. The average Bonchev–Trinajstić information content (AvgIpc) is 1.34. The van der Waals surface area contributed by atoms with Crippen LogP contribution in [0.25, 0.3) is 0 Å². The van der Waals surface area contributed by atoms with Crippen molar-refractivity contribution in [1.82, 2.24) is 14.7 Å². The first-order valence-corrected chi connectivity index (χ1v) is 44.0. The molecule has 0 aromatic heterocycles. The van der Waals surface area contributed by atoms with Crippen LogP contribution in [0.15, 0.2) is 109 Å². The van der Waals surface area contributed by atoms with Crippen molar-refractivity contribution in [1.29, 1.82) is 0 Å². The second-order valence-electron chi connectivity index (χ2n) is 43.8. The maximum Gasteiger partial charge on any atom is 0.410 e. The van der Waals surface area contributed by atoms with E-state index in [1.54, 1.807) is 18.7 Å². The number of rotatable bonds is 0. The van der Waals surface area contributed by atoms with Crippen molar-refractivity contribution in [3.05, 3.63) is 187 Å². The first-order valence-electron chi connectivity index (χ1n) is 44.0. The Hall–Kier alpha value is -7.80. The minimum absolute atomic E-state index is 0.105. The van der Waals surface area contributed by atoms with Crippen LogP contribution in [-0.4, -0.2) is 102 Å². The fraction of sp³-hybridized carbons (Fsp3) is 0.612. The molecule has 1 fully saturated rings. The lowest BCUT2D eigenvalue weighted by Crippen LogP contribution is -2.48. The predicted molar refractivity (Wildman–Crippen MR) is 490 cm³/mol. The molecule has 4 amide bonds. The van der Waals surface area contributed by atoms with Gasteiger partial charge in [-0.1, -0.05) is 237 Å². The van der Waals surface area contributed by atoms with Gasteiger partial charge in [-0.2, -0.15) is 0 Å². The van der Waals surface area contributed by atoms with Gasteiger partial charge in [-0.25, -0.2) is 9.59 Å². The number of hydrogen-bond acceptors (Lipinski definition) is 9. The molecule has 1 spiro atoms. The van der Waals surface area contributed by atoms with Gasteiger partial charge in [0.05, 0.1) is 0 Å². The summed E-state index contributed by atoms with van der Waals surface area (Å²) < 4.78 is 11.0. The molecule has 638 valence electrons. The molecule has 0 bridgehead atoms. The monoisotopic (exact) mass is 1590 g/mol. The number of anilines is 4. The molecule has 13 rings (SSSR count). The number of carbonyl (C=O) groups excluding carboxylic acids is 4. The zero-order valence-electron chi connectivity index (χ0n) is 78.2. The van der Waals surface area contributed by atoms with E-state index in [0.717, 1.165) is 110 Å². The quantitative estimate of drug-likeness (QED) is 0.136. The molecule has 1 saturated heterocycles. The highest BCUT2D eigenvalue weighted by Crippen LogP contribution is 2.47. The van der Waals surface area contributed by atoms with Gasteiger partial charge in [0.1, 0.15) is 11.2 Å². The summed E-state index contributed by atoms with van der Waals surface area (Å²) in [6, 6.07) is 40.9. The Balaban J connectivity index is 0.000000175. The number of fused-ring (bicyclic) bond motifs is 7. The van der Waals surface area contributed by atoms with E-state index in [9.17, 15) is 19.2 Å². The maximum absolute atomic E-state index is 12.4. The molecule has 116 heavy (non-hydrogen) atoms. The van der Waals surface area contributed by atoms with Crippen molar-refractivity contribution < 1.29 is 28.7 Å². The Kier molecular flexibility index (Phi) is 29.7. The van der Waals surface area contributed by atoms with Crippen LogP contribution < -0.4 is 20.9 Å². The summed E-state index contributed by atoms with van der Waals surface area (Å²) in [7, 11) is 0. The van der Waals surface area contributed by atoms with Gasteiger partial charge in [0.15, 0.2) is 0 Å². The van der Waals surface area contributed by atoms with Gasteiger partial charge in [0.2, 0.25) is 11.8 Å². The van der Waals surface area contributed by atoms with Crippen LogP contribution >= 0.6 is 0 Å². The smallest absolute Gasteiger partial charge is 0.410 e. The zero-order valence-corrected chi connectivity index (χ0v) is 78.2. The molecule has 13 heteroatoms. The van der Waals surface area contributed by atoms with Crippen molar-refractivity contribution in [2.24, 2.45) is 0 Å². The number of hydrogen-bond donors (Lipinski definition) is 3. The number of nitrogens with one attached hydrogen (secondary N) is 3. The fourth-order valence-electron chi connectivity index (χ4n) is 16.7. The highest BCUT2D eigenvalue weighted by Gasteiger charge is 2.42. The second-order valence-corrected chi connectivity index (χ2v) is 43.8. The van der Waals surface area contributed by atoms with Gasteiger partial charge in [-0.15, -0.1) is 0 Å².